The van der Waals surface area contributed by atoms with Crippen LogP contribution in [0, 0.1) is 5.92 Å². The second-order valence-electron chi connectivity index (χ2n) is 4.53. The molecule has 1 aromatic rings. The van der Waals surface area contributed by atoms with Crippen LogP contribution in [0.1, 0.15) is 27.2 Å². The van der Waals surface area contributed by atoms with E-state index in [-0.39, 0.29) is 23.6 Å². The first-order valence-electron chi connectivity index (χ1n) is 6.05. The van der Waals surface area contributed by atoms with Gasteiger partial charge in [-0.1, -0.05) is 13.8 Å². The SMILES string of the molecule is CCn1cnc(S(=O)(=O)NC(CCO)C(C)C)c1. The first kappa shape index (κ1) is 15.1. The number of aliphatic hydroxyl groups excluding tert-OH is 1. The molecule has 0 aromatic carbocycles. The predicted molar refractivity (Wildman–Crippen MR) is 68.6 cm³/mol. The number of aryl methyl sites for hydroxylation is 1. The summed E-state index contributed by atoms with van der Waals surface area (Å²) < 4.78 is 28.4. The van der Waals surface area contributed by atoms with Gasteiger partial charge in [0.2, 0.25) is 0 Å². The zero-order valence-electron chi connectivity index (χ0n) is 11.0. The topological polar surface area (TPSA) is 84.2 Å². The number of aliphatic hydroxyl groups is 1. The molecule has 0 aliphatic heterocycles. The third-order valence-electron chi connectivity index (χ3n) is 2.80. The molecule has 1 rings (SSSR count). The first-order valence-corrected chi connectivity index (χ1v) is 7.54. The lowest BCUT2D eigenvalue weighted by Gasteiger charge is -2.20. The monoisotopic (exact) mass is 275 g/mol. The van der Waals surface area contributed by atoms with Crippen molar-refractivity contribution < 1.29 is 13.5 Å². The molecule has 2 N–H and O–H groups in total. The van der Waals surface area contributed by atoms with E-state index < -0.39 is 10.0 Å². The van der Waals surface area contributed by atoms with E-state index >= 15 is 0 Å². The number of sulfonamides is 1. The van der Waals surface area contributed by atoms with Gasteiger partial charge in [0.15, 0.2) is 5.03 Å². The average Bonchev–Trinajstić information content (AvgIpc) is 2.77. The van der Waals surface area contributed by atoms with Crippen LogP contribution in [0.5, 0.6) is 0 Å². The van der Waals surface area contributed by atoms with Crippen LogP contribution in [0.4, 0.5) is 0 Å². The molecule has 18 heavy (non-hydrogen) atoms. The number of imidazole rings is 1. The largest absolute Gasteiger partial charge is 0.396 e. The molecule has 0 fully saturated rings. The lowest BCUT2D eigenvalue weighted by atomic mass is 10.0. The van der Waals surface area contributed by atoms with Gasteiger partial charge in [-0.15, -0.1) is 0 Å². The second kappa shape index (κ2) is 6.31. The van der Waals surface area contributed by atoms with Gasteiger partial charge in [-0.2, -0.15) is 0 Å². The summed E-state index contributed by atoms with van der Waals surface area (Å²) in [4.78, 5) is 3.88. The molecule has 1 atom stereocenters. The molecule has 0 bridgehead atoms. The Morgan fingerprint density at radius 3 is 2.61 bits per heavy atom. The van der Waals surface area contributed by atoms with Crippen LogP contribution in [-0.2, 0) is 16.6 Å². The molecular weight excluding hydrogens is 254 g/mol. The fourth-order valence-electron chi connectivity index (χ4n) is 1.58. The Hall–Kier alpha value is -0.920. The Morgan fingerprint density at radius 2 is 2.17 bits per heavy atom. The van der Waals surface area contributed by atoms with E-state index in [1.54, 1.807) is 4.57 Å². The maximum Gasteiger partial charge on any atom is 0.259 e. The molecule has 0 aliphatic carbocycles. The van der Waals surface area contributed by atoms with E-state index in [1.807, 2.05) is 20.8 Å². The van der Waals surface area contributed by atoms with Gasteiger partial charge in [0, 0.05) is 25.4 Å². The van der Waals surface area contributed by atoms with Crippen LogP contribution < -0.4 is 4.72 Å². The molecule has 1 aromatic heterocycles. The number of rotatable bonds is 7. The lowest BCUT2D eigenvalue weighted by Crippen LogP contribution is -2.39. The Labute approximate surface area is 108 Å². The molecule has 6 nitrogen and oxygen atoms in total. The summed E-state index contributed by atoms with van der Waals surface area (Å²) in [5.41, 5.74) is 0. The molecule has 104 valence electrons. The van der Waals surface area contributed by atoms with Gasteiger partial charge in [-0.05, 0) is 19.3 Å². The highest BCUT2D eigenvalue weighted by Gasteiger charge is 2.23. The lowest BCUT2D eigenvalue weighted by molar-refractivity contribution is 0.256. The van der Waals surface area contributed by atoms with Crippen LogP contribution in [-0.4, -0.2) is 35.7 Å². The molecule has 0 aliphatic rings. The van der Waals surface area contributed by atoms with Crippen LogP contribution >= 0.6 is 0 Å². The molecule has 7 heteroatoms. The van der Waals surface area contributed by atoms with Gasteiger partial charge >= 0.3 is 0 Å². The fraction of sp³-hybridized carbons (Fsp3) is 0.727. The summed E-state index contributed by atoms with van der Waals surface area (Å²) >= 11 is 0. The van der Waals surface area contributed by atoms with Crippen LogP contribution in [0.15, 0.2) is 17.6 Å². The summed E-state index contributed by atoms with van der Waals surface area (Å²) in [5, 5.41) is 8.96. The summed E-state index contributed by atoms with van der Waals surface area (Å²) in [6.07, 6.45) is 3.38. The van der Waals surface area contributed by atoms with Gasteiger partial charge < -0.3 is 9.67 Å². The van der Waals surface area contributed by atoms with Crippen molar-refractivity contribution in [2.24, 2.45) is 5.92 Å². The third kappa shape index (κ3) is 3.79. The molecular formula is C11H21N3O3S. The molecule has 0 amide bonds. The third-order valence-corrected chi connectivity index (χ3v) is 4.18. The number of aromatic nitrogens is 2. The quantitative estimate of drug-likeness (QED) is 0.762. The molecule has 0 spiro atoms. The van der Waals surface area contributed by atoms with Crippen molar-refractivity contribution >= 4 is 10.0 Å². The first-order chi connectivity index (χ1) is 8.40. The van der Waals surface area contributed by atoms with E-state index in [2.05, 4.69) is 9.71 Å². The predicted octanol–water partition coefficient (Wildman–Crippen LogP) is 0.588. The zero-order valence-corrected chi connectivity index (χ0v) is 11.8. The van der Waals surface area contributed by atoms with Crippen LogP contribution in [0.25, 0.3) is 0 Å². The minimum Gasteiger partial charge on any atom is -0.396 e. The Bertz CT molecular complexity index is 468. The van der Waals surface area contributed by atoms with Crippen LogP contribution in [0.3, 0.4) is 0 Å². The Morgan fingerprint density at radius 1 is 1.50 bits per heavy atom. The highest BCUT2D eigenvalue weighted by molar-refractivity contribution is 7.89. The fourth-order valence-corrected chi connectivity index (χ4v) is 2.95. The van der Waals surface area contributed by atoms with Gasteiger partial charge in [0.25, 0.3) is 10.0 Å². The molecule has 1 heterocycles. The highest BCUT2D eigenvalue weighted by atomic mass is 32.2. The molecule has 0 saturated carbocycles. The summed E-state index contributed by atoms with van der Waals surface area (Å²) in [6.45, 7) is 6.36. The van der Waals surface area contributed by atoms with E-state index in [0.717, 1.165) is 0 Å². The maximum atomic E-state index is 12.1. The van der Waals surface area contributed by atoms with Gasteiger partial charge in [0.1, 0.15) is 0 Å². The van der Waals surface area contributed by atoms with Crippen molar-refractivity contribution in [3.63, 3.8) is 0 Å². The average molecular weight is 275 g/mol. The van der Waals surface area contributed by atoms with E-state index in [4.69, 9.17) is 5.11 Å². The van der Waals surface area contributed by atoms with Crippen molar-refractivity contribution in [3.05, 3.63) is 12.5 Å². The van der Waals surface area contributed by atoms with Crippen molar-refractivity contribution in [1.82, 2.24) is 14.3 Å². The zero-order chi connectivity index (χ0) is 13.8. The Balaban J connectivity index is 2.86. The van der Waals surface area contributed by atoms with E-state index in [1.165, 1.54) is 12.5 Å². The van der Waals surface area contributed by atoms with Crippen molar-refractivity contribution in [2.45, 2.75) is 44.8 Å². The van der Waals surface area contributed by atoms with Gasteiger partial charge in [-0.25, -0.2) is 18.1 Å². The summed E-state index contributed by atoms with van der Waals surface area (Å²) in [5.74, 6) is 0.111. The number of nitrogens with zero attached hydrogens (tertiary/aromatic N) is 2. The Kier molecular flexibility index (Phi) is 5.30. The van der Waals surface area contributed by atoms with Gasteiger partial charge in [0.05, 0.1) is 6.33 Å². The molecule has 0 saturated heterocycles. The van der Waals surface area contributed by atoms with Crippen molar-refractivity contribution in [2.75, 3.05) is 6.61 Å². The van der Waals surface area contributed by atoms with Crippen LogP contribution in [0.2, 0.25) is 0 Å². The van der Waals surface area contributed by atoms with Crippen molar-refractivity contribution in [3.8, 4) is 0 Å². The normalized spacial score (nSPS) is 14.1. The van der Waals surface area contributed by atoms with Crippen molar-refractivity contribution in [1.29, 1.82) is 0 Å². The standard InChI is InChI=1S/C11H21N3O3S/c1-4-14-7-11(12-8-14)18(16,17)13-10(5-6-15)9(2)3/h7-10,13,15H,4-6H2,1-3H3. The van der Waals surface area contributed by atoms with Gasteiger partial charge in [-0.3, -0.25) is 0 Å². The minimum absolute atomic E-state index is 0.0212. The number of hydrogen-bond acceptors (Lipinski definition) is 4. The smallest absolute Gasteiger partial charge is 0.259 e. The molecule has 0 radical (unpaired) electrons. The minimum atomic E-state index is -3.61. The number of hydrogen-bond donors (Lipinski definition) is 2. The number of nitrogens with one attached hydrogen (secondary N) is 1. The van der Waals surface area contributed by atoms with E-state index in [0.29, 0.717) is 13.0 Å². The maximum absolute atomic E-state index is 12.1. The van der Waals surface area contributed by atoms with E-state index in [9.17, 15) is 8.42 Å². The highest BCUT2D eigenvalue weighted by Crippen LogP contribution is 2.11. The molecule has 1 unspecified atom stereocenters. The summed E-state index contributed by atoms with van der Waals surface area (Å²) in [7, 11) is -3.61. The summed E-state index contributed by atoms with van der Waals surface area (Å²) in [6, 6.07) is -0.285. The second-order valence-corrected chi connectivity index (χ2v) is 6.19.